The van der Waals surface area contributed by atoms with E-state index >= 15 is 0 Å². The number of nitriles is 1. The SMILES string of the molecule is Cc1cccc(-c2nc3c(C#N)cccc3[nH]2)n1. The first-order valence-electron chi connectivity index (χ1n) is 5.61. The maximum atomic E-state index is 9.04. The Hall–Kier alpha value is -2.67. The molecule has 0 bridgehead atoms. The number of para-hydroxylation sites is 1. The van der Waals surface area contributed by atoms with Gasteiger partial charge in [0.15, 0.2) is 5.82 Å². The predicted octanol–water partition coefficient (Wildman–Crippen LogP) is 2.81. The summed E-state index contributed by atoms with van der Waals surface area (Å²) >= 11 is 0. The second-order valence-corrected chi connectivity index (χ2v) is 4.06. The number of aromatic amines is 1. The molecular weight excluding hydrogens is 224 g/mol. The van der Waals surface area contributed by atoms with E-state index in [9.17, 15) is 0 Å². The van der Waals surface area contributed by atoms with E-state index in [1.807, 2.05) is 37.3 Å². The third-order valence-corrected chi connectivity index (χ3v) is 2.76. The van der Waals surface area contributed by atoms with Gasteiger partial charge in [0, 0.05) is 5.69 Å². The van der Waals surface area contributed by atoms with Crippen LogP contribution in [0.15, 0.2) is 36.4 Å². The van der Waals surface area contributed by atoms with E-state index in [0.29, 0.717) is 16.9 Å². The Bertz CT molecular complexity index is 765. The fourth-order valence-corrected chi connectivity index (χ4v) is 1.92. The lowest BCUT2D eigenvalue weighted by molar-refractivity contribution is 1.17. The van der Waals surface area contributed by atoms with Crippen molar-refractivity contribution in [3.63, 3.8) is 0 Å². The molecule has 0 spiro atoms. The zero-order chi connectivity index (χ0) is 12.5. The largest absolute Gasteiger partial charge is 0.337 e. The number of hydrogen-bond acceptors (Lipinski definition) is 3. The predicted molar refractivity (Wildman–Crippen MR) is 68.8 cm³/mol. The molecule has 0 amide bonds. The van der Waals surface area contributed by atoms with Crippen LogP contribution >= 0.6 is 0 Å². The lowest BCUT2D eigenvalue weighted by Gasteiger charge is -1.96. The van der Waals surface area contributed by atoms with Crippen LogP contribution in [0.4, 0.5) is 0 Å². The zero-order valence-corrected chi connectivity index (χ0v) is 9.81. The van der Waals surface area contributed by atoms with Crippen molar-refractivity contribution in [1.82, 2.24) is 15.0 Å². The molecule has 0 unspecified atom stereocenters. The van der Waals surface area contributed by atoms with Crippen LogP contribution < -0.4 is 0 Å². The van der Waals surface area contributed by atoms with E-state index in [4.69, 9.17) is 5.26 Å². The number of hydrogen-bond donors (Lipinski definition) is 1. The first kappa shape index (κ1) is 10.5. The van der Waals surface area contributed by atoms with E-state index in [-0.39, 0.29) is 0 Å². The van der Waals surface area contributed by atoms with Gasteiger partial charge in [0.1, 0.15) is 17.3 Å². The highest BCUT2D eigenvalue weighted by Crippen LogP contribution is 2.21. The van der Waals surface area contributed by atoms with Gasteiger partial charge in [0.25, 0.3) is 0 Å². The Morgan fingerprint density at radius 1 is 1.11 bits per heavy atom. The highest BCUT2D eigenvalue weighted by Gasteiger charge is 2.09. The molecule has 1 aromatic carbocycles. The van der Waals surface area contributed by atoms with Gasteiger partial charge in [-0.05, 0) is 31.2 Å². The summed E-state index contributed by atoms with van der Waals surface area (Å²) in [6.07, 6.45) is 0. The van der Waals surface area contributed by atoms with Gasteiger partial charge in [0.05, 0.1) is 11.1 Å². The van der Waals surface area contributed by atoms with Crippen LogP contribution in [0, 0.1) is 18.3 Å². The Labute approximate surface area is 104 Å². The van der Waals surface area contributed by atoms with Gasteiger partial charge in [-0.3, -0.25) is 0 Å². The summed E-state index contributed by atoms with van der Waals surface area (Å²) in [6.45, 7) is 1.94. The summed E-state index contributed by atoms with van der Waals surface area (Å²) in [5, 5.41) is 9.04. The molecule has 0 fully saturated rings. The lowest BCUT2D eigenvalue weighted by atomic mass is 10.2. The number of aromatic nitrogens is 3. The fourth-order valence-electron chi connectivity index (χ4n) is 1.92. The standard InChI is InChI=1S/C14H10N4/c1-9-4-2-7-12(16-9)14-17-11-6-3-5-10(8-15)13(11)18-14/h2-7H,1H3,(H,17,18). The van der Waals surface area contributed by atoms with Crippen molar-refractivity contribution in [1.29, 1.82) is 5.26 Å². The topological polar surface area (TPSA) is 65.4 Å². The maximum absolute atomic E-state index is 9.04. The van der Waals surface area contributed by atoms with Gasteiger partial charge >= 0.3 is 0 Å². The van der Waals surface area contributed by atoms with Crippen molar-refractivity contribution >= 4 is 11.0 Å². The van der Waals surface area contributed by atoms with Crippen molar-refractivity contribution in [2.75, 3.05) is 0 Å². The van der Waals surface area contributed by atoms with Crippen molar-refractivity contribution < 1.29 is 0 Å². The molecule has 0 aliphatic heterocycles. The molecule has 0 radical (unpaired) electrons. The molecule has 4 nitrogen and oxygen atoms in total. The molecule has 18 heavy (non-hydrogen) atoms. The molecule has 2 aromatic heterocycles. The van der Waals surface area contributed by atoms with Crippen LogP contribution in [0.3, 0.4) is 0 Å². The van der Waals surface area contributed by atoms with Crippen molar-refractivity contribution in [3.05, 3.63) is 47.7 Å². The molecule has 0 atom stereocenters. The minimum Gasteiger partial charge on any atom is -0.337 e. The third kappa shape index (κ3) is 1.62. The smallest absolute Gasteiger partial charge is 0.157 e. The number of nitrogens with one attached hydrogen (secondary N) is 1. The molecule has 1 N–H and O–H groups in total. The molecule has 0 aliphatic carbocycles. The summed E-state index contributed by atoms with van der Waals surface area (Å²) in [6, 6.07) is 13.4. The summed E-state index contributed by atoms with van der Waals surface area (Å²) in [4.78, 5) is 12.1. The molecule has 4 heteroatoms. The summed E-state index contributed by atoms with van der Waals surface area (Å²) in [5.41, 5.74) is 3.84. The number of imidazole rings is 1. The quantitative estimate of drug-likeness (QED) is 0.704. The average molecular weight is 234 g/mol. The number of rotatable bonds is 1. The van der Waals surface area contributed by atoms with Gasteiger partial charge < -0.3 is 4.98 Å². The maximum Gasteiger partial charge on any atom is 0.157 e. The molecular formula is C14H10N4. The van der Waals surface area contributed by atoms with Crippen LogP contribution in [0.1, 0.15) is 11.3 Å². The number of nitrogens with zero attached hydrogens (tertiary/aromatic N) is 3. The monoisotopic (exact) mass is 234 g/mol. The number of pyridine rings is 1. The number of H-pyrrole nitrogens is 1. The van der Waals surface area contributed by atoms with Gasteiger partial charge in [-0.15, -0.1) is 0 Å². The first-order chi connectivity index (χ1) is 8.78. The zero-order valence-electron chi connectivity index (χ0n) is 9.81. The van der Waals surface area contributed by atoms with Crippen LogP contribution in [0.2, 0.25) is 0 Å². The molecule has 0 saturated carbocycles. The van der Waals surface area contributed by atoms with Gasteiger partial charge in [-0.2, -0.15) is 5.26 Å². The Morgan fingerprint density at radius 3 is 2.72 bits per heavy atom. The van der Waals surface area contributed by atoms with Crippen molar-refractivity contribution in [2.45, 2.75) is 6.92 Å². The second kappa shape index (κ2) is 3.97. The van der Waals surface area contributed by atoms with E-state index in [1.54, 1.807) is 6.07 Å². The second-order valence-electron chi connectivity index (χ2n) is 4.06. The minimum absolute atomic E-state index is 0.572. The molecule has 86 valence electrons. The number of fused-ring (bicyclic) bond motifs is 1. The Balaban J connectivity index is 2.23. The molecule has 0 aliphatic rings. The van der Waals surface area contributed by atoms with Gasteiger partial charge in [-0.1, -0.05) is 12.1 Å². The highest BCUT2D eigenvalue weighted by atomic mass is 14.9. The molecule has 2 heterocycles. The average Bonchev–Trinajstić information content (AvgIpc) is 2.82. The van der Waals surface area contributed by atoms with Gasteiger partial charge in [-0.25, -0.2) is 9.97 Å². The van der Waals surface area contributed by atoms with E-state index in [1.165, 1.54) is 0 Å². The van der Waals surface area contributed by atoms with Crippen LogP contribution in [-0.2, 0) is 0 Å². The number of benzene rings is 1. The molecule has 0 saturated heterocycles. The molecule has 3 rings (SSSR count). The van der Waals surface area contributed by atoms with Gasteiger partial charge in [0.2, 0.25) is 0 Å². The molecule has 3 aromatic rings. The van der Waals surface area contributed by atoms with Crippen LogP contribution in [0.25, 0.3) is 22.6 Å². The number of aryl methyl sites for hydroxylation is 1. The summed E-state index contributed by atoms with van der Waals surface area (Å²) < 4.78 is 0. The van der Waals surface area contributed by atoms with Crippen LogP contribution in [0.5, 0.6) is 0 Å². The Kier molecular flexibility index (Phi) is 2.31. The van der Waals surface area contributed by atoms with E-state index < -0.39 is 0 Å². The Morgan fingerprint density at radius 2 is 1.94 bits per heavy atom. The fraction of sp³-hybridized carbons (Fsp3) is 0.0714. The first-order valence-corrected chi connectivity index (χ1v) is 5.61. The third-order valence-electron chi connectivity index (χ3n) is 2.76. The summed E-state index contributed by atoms with van der Waals surface area (Å²) in [5.74, 6) is 0.691. The van der Waals surface area contributed by atoms with E-state index in [2.05, 4.69) is 21.0 Å². The normalized spacial score (nSPS) is 10.4. The van der Waals surface area contributed by atoms with Crippen LogP contribution in [-0.4, -0.2) is 15.0 Å². The summed E-state index contributed by atoms with van der Waals surface area (Å²) in [7, 11) is 0. The lowest BCUT2D eigenvalue weighted by Crippen LogP contribution is -1.87. The minimum atomic E-state index is 0.572. The van der Waals surface area contributed by atoms with Crippen molar-refractivity contribution in [3.8, 4) is 17.6 Å². The highest BCUT2D eigenvalue weighted by molar-refractivity contribution is 5.84. The van der Waals surface area contributed by atoms with E-state index in [0.717, 1.165) is 16.9 Å². The van der Waals surface area contributed by atoms with Crippen molar-refractivity contribution in [2.24, 2.45) is 0 Å².